The number of rotatable bonds is 5. The summed E-state index contributed by atoms with van der Waals surface area (Å²) in [5.41, 5.74) is 3.87. The second kappa shape index (κ2) is 7.80. The van der Waals surface area contributed by atoms with Crippen LogP contribution in [-0.4, -0.2) is 10.2 Å². The lowest BCUT2D eigenvalue weighted by molar-refractivity contribution is 0.477. The Kier molecular flexibility index (Phi) is 5.78. The van der Waals surface area contributed by atoms with E-state index in [1.807, 2.05) is 31.2 Å². The molecular weight excluding hydrogens is 292 g/mol. The monoisotopic (exact) mass is 314 g/mol. The molecule has 4 heteroatoms. The fourth-order valence-corrected chi connectivity index (χ4v) is 2.40. The molecule has 0 aromatic heterocycles. The molecule has 0 heterocycles. The fourth-order valence-electron chi connectivity index (χ4n) is 2.17. The Morgan fingerprint density at radius 1 is 1.09 bits per heavy atom. The maximum atomic E-state index is 9.88. The van der Waals surface area contributed by atoms with Crippen molar-refractivity contribution in [2.45, 2.75) is 33.1 Å². The average molecular weight is 314 g/mol. The minimum atomic E-state index is 0.194. The first kappa shape index (κ1) is 16.3. The Morgan fingerprint density at radius 3 is 2.45 bits per heavy atom. The van der Waals surface area contributed by atoms with E-state index in [1.54, 1.807) is 6.07 Å². The van der Waals surface area contributed by atoms with Gasteiger partial charge in [0.05, 0.1) is 5.69 Å². The normalized spacial score (nSPS) is 10.3. The van der Waals surface area contributed by atoms with E-state index in [4.69, 9.17) is 12.2 Å². The predicted octanol–water partition coefficient (Wildman–Crippen LogP) is 4.85. The highest BCUT2D eigenvalue weighted by Crippen LogP contribution is 2.24. The number of phenols is 1. The van der Waals surface area contributed by atoms with Crippen LogP contribution in [0, 0.1) is 6.92 Å². The van der Waals surface area contributed by atoms with Gasteiger partial charge in [-0.15, -0.1) is 0 Å². The molecule has 0 saturated carbocycles. The molecule has 0 radical (unpaired) electrons. The van der Waals surface area contributed by atoms with E-state index in [0.29, 0.717) is 10.8 Å². The molecule has 2 rings (SSSR count). The zero-order chi connectivity index (χ0) is 15.9. The van der Waals surface area contributed by atoms with Crippen molar-refractivity contribution in [3.63, 3.8) is 0 Å². The molecule has 0 saturated heterocycles. The van der Waals surface area contributed by atoms with E-state index >= 15 is 0 Å². The molecule has 0 spiro atoms. The van der Waals surface area contributed by atoms with Gasteiger partial charge >= 0.3 is 0 Å². The summed E-state index contributed by atoms with van der Waals surface area (Å²) in [4.78, 5) is 0. The second-order valence-electron chi connectivity index (χ2n) is 5.40. The van der Waals surface area contributed by atoms with Gasteiger partial charge in [0.2, 0.25) is 0 Å². The third-order valence-corrected chi connectivity index (χ3v) is 3.64. The summed E-state index contributed by atoms with van der Waals surface area (Å²) in [7, 11) is 0. The molecule has 22 heavy (non-hydrogen) atoms. The molecule has 2 aromatic rings. The molecule has 0 aliphatic rings. The lowest BCUT2D eigenvalue weighted by Gasteiger charge is -2.12. The van der Waals surface area contributed by atoms with E-state index in [9.17, 15) is 5.11 Å². The molecular formula is C18H22N2OS. The Morgan fingerprint density at radius 2 is 1.82 bits per heavy atom. The van der Waals surface area contributed by atoms with E-state index in [0.717, 1.165) is 17.7 Å². The molecule has 3 nitrogen and oxygen atoms in total. The summed E-state index contributed by atoms with van der Waals surface area (Å²) in [6.45, 7) is 4.13. The topological polar surface area (TPSA) is 44.3 Å². The molecule has 0 amide bonds. The lowest BCUT2D eigenvalue weighted by atomic mass is 10.1. The third kappa shape index (κ3) is 4.74. The van der Waals surface area contributed by atoms with E-state index < -0.39 is 0 Å². The molecule has 0 fully saturated rings. The van der Waals surface area contributed by atoms with Crippen molar-refractivity contribution in [1.82, 2.24) is 0 Å². The molecule has 0 bridgehead atoms. The minimum absolute atomic E-state index is 0.194. The molecule has 0 unspecified atom stereocenters. The fraction of sp³-hybridized carbons (Fsp3) is 0.278. The SMILES string of the molecule is CCCCc1ccc(NC(=S)Nc2ccc(C)cc2O)cc1. The van der Waals surface area contributed by atoms with Crippen LogP contribution in [0.3, 0.4) is 0 Å². The summed E-state index contributed by atoms with van der Waals surface area (Å²) in [6.07, 6.45) is 3.52. The molecule has 2 aromatic carbocycles. The van der Waals surface area contributed by atoms with Gasteiger partial charge in [-0.05, 0) is 67.4 Å². The van der Waals surface area contributed by atoms with Gasteiger partial charge in [0.15, 0.2) is 5.11 Å². The van der Waals surface area contributed by atoms with Crippen molar-refractivity contribution in [2.75, 3.05) is 10.6 Å². The first-order valence-corrected chi connectivity index (χ1v) is 7.96. The van der Waals surface area contributed by atoms with E-state index in [1.165, 1.54) is 18.4 Å². The first-order valence-electron chi connectivity index (χ1n) is 7.55. The van der Waals surface area contributed by atoms with Gasteiger partial charge in [0, 0.05) is 5.69 Å². The number of phenolic OH excluding ortho intramolecular Hbond substituents is 1. The maximum Gasteiger partial charge on any atom is 0.175 e. The van der Waals surface area contributed by atoms with Crippen LogP contribution in [0.5, 0.6) is 5.75 Å². The van der Waals surface area contributed by atoms with Crippen LogP contribution in [0.25, 0.3) is 0 Å². The standard InChI is InChI=1S/C18H22N2OS/c1-3-4-5-14-7-9-15(10-8-14)19-18(22)20-16-11-6-13(2)12-17(16)21/h6-12,21H,3-5H2,1-2H3,(H2,19,20,22). The number of unbranched alkanes of at least 4 members (excludes halogenated alkanes) is 1. The lowest BCUT2D eigenvalue weighted by Crippen LogP contribution is -2.19. The zero-order valence-electron chi connectivity index (χ0n) is 13.0. The van der Waals surface area contributed by atoms with Crippen LogP contribution in [-0.2, 0) is 6.42 Å². The number of aromatic hydroxyl groups is 1. The highest BCUT2D eigenvalue weighted by molar-refractivity contribution is 7.80. The Balaban J connectivity index is 1.94. The van der Waals surface area contributed by atoms with E-state index in [-0.39, 0.29) is 5.75 Å². The Hall–Kier alpha value is -2.07. The van der Waals surface area contributed by atoms with E-state index in [2.05, 4.69) is 29.7 Å². The Bertz CT molecular complexity index is 638. The molecule has 116 valence electrons. The van der Waals surface area contributed by atoms with Crippen LogP contribution in [0.15, 0.2) is 42.5 Å². The van der Waals surface area contributed by atoms with Gasteiger partial charge in [-0.1, -0.05) is 31.5 Å². The summed E-state index contributed by atoms with van der Waals surface area (Å²) in [6, 6.07) is 13.7. The zero-order valence-corrected chi connectivity index (χ0v) is 13.8. The van der Waals surface area contributed by atoms with Gasteiger partial charge in [0.25, 0.3) is 0 Å². The predicted molar refractivity (Wildman–Crippen MR) is 97.7 cm³/mol. The van der Waals surface area contributed by atoms with Crippen LogP contribution < -0.4 is 10.6 Å². The maximum absolute atomic E-state index is 9.88. The van der Waals surface area contributed by atoms with Crippen molar-refractivity contribution in [2.24, 2.45) is 0 Å². The van der Waals surface area contributed by atoms with Crippen LogP contribution in [0.2, 0.25) is 0 Å². The smallest absolute Gasteiger partial charge is 0.175 e. The third-order valence-electron chi connectivity index (χ3n) is 3.43. The average Bonchev–Trinajstić information content (AvgIpc) is 2.49. The van der Waals surface area contributed by atoms with Crippen molar-refractivity contribution in [1.29, 1.82) is 0 Å². The van der Waals surface area contributed by atoms with Crippen LogP contribution in [0.1, 0.15) is 30.9 Å². The number of aryl methyl sites for hydroxylation is 2. The van der Waals surface area contributed by atoms with Gasteiger partial charge in [-0.2, -0.15) is 0 Å². The van der Waals surface area contributed by atoms with Crippen LogP contribution >= 0.6 is 12.2 Å². The molecule has 3 N–H and O–H groups in total. The molecule has 0 aliphatic heterocycles. The van der Waals surface area contributed by atoms with Gasteiger partial charge in [-0.25, -0.2) is 0 Å². The second-order valence-corrected chi connectivity index (χ2v) is 5.81. The highest BCUT2D eigenvalue weighted by Gasteiger charge is 2.04. The van der Waals surface area contributed by atoms with Crippen molar-refractivity contribution in [3.05, 3.63) is 53.6 Å². The summed E-state index contributed by atoms with van der Waals surface area (Å²) < 4.78 is 0. The largest absolute Gasteiger partial charge is 0.506 e. The number of nitrogens with one attached hydrogen (secondary N) is 2. The quantitative estimate of drug-likeness (QED) is 0.545. The van der Waals surface area contributed by atoms with Gasteiger partial charge < -0.3 is 15.7 Å². The van der Waals surface area contributed by atoms with Gasteiger partial charge in [-0.3, -0.25) is 0 Å². The minimum Gasteiger partial charge on any atom is -0.506 e. The molecule has 0 aliphatic carbocycles. The number of hydrogen-bond donors (Lipinski definition) is 3. The number of thiocarbonyl (C=S) groups is 1. The van der Waals surface area contributed by atoms with Crippen molar-refractivity contribution >= 4 is 28.7 Å². The van der Waals surface area contributed by atoms with Crippen LogP contribution in [0.4, 0.5) is 11.4 Å². The van der Waals surface area contributed by atoms with Crippen molar-refractivity contribution < 1.29 is 5.11 Å². The number of hydrogen-bond acceptors (Lipinski definition) is 2. The van der Waals surface area contributed by atoms with Crippen molar-refractivity contribution in [3.8, 4) is 5.75 Å². The summed E-state index contributed by atoms with van der Waals surface area (Å²) in [5.74, 6) is 0.194. The molecule has 0 atom stereocenters. The number of benzene rings is 2. The summed E-state index contributed by atoms with van der Waals surface area (Å²) in [5, 5.41) is 16.5. The number of anilines is 2. The Labute approximate surface area is 137 Å². The summed E-state index contributed by atoms with van der Waals surface area (Å²) >= 11 is 5.28. The first-order chi connectivity index (χ1) is 10.6. The highest BCUT2D eigenvalue weighted by atomic mass is 32.1. The van der Waals surface area contributed by atoms with Gasteiger partial charge in [0.1, 0.15) is 5.75 Å².